The van der Waals surface area contributed by atoms with Crippen LogP contribution in [0.2, 0.25) is 0 Å². The summed E-state index contributed by atoms with van der Waals surface area (Å²) in [6, 6.07) is 20.0. The van der Waals surface area contributed by atoms with Crippen LogP contribution in [0.3, 0.4) is 0 Å². The van der Waals surface area contributed by atoms with Crippen molar-refractivity contribution in [2.45, 2.75) is 74.8 Å². The molecule has 0 spiro atoms. The third kappa shape index (κ3) is 11.7. The Bertz CT molecular complexity index is 1580. The first-order valence-electron chi connectivity index (χ1n) is 14.4. The van der Waals surface area contributed by atoms with Gasteiger partial charge in [-0.2, -0.15) is 0 Å². The maximum Gasteiger partial charge on any atom is 0.300 e. The molecule has 0 saturated heterocycles. The average molecular weight is 583 g/mol. The SMILES string of the molecule is C/C=C/CCC(=N)c1ccc2c(c1)c1cc(C(=O)c3ccccc3C)ccc1n2CC.C=C(C)C.CC(=O)O.CC(C)=O. The maximum atomic E-state index is 13.2. The number of hydrogen-bond donors (Lipinski definition) is 2. The highest BCUT2D eigenvalue weighted by Gasteiger charge is 2.16. The Morgan fingerprint density at radius 2 is 1.35 bits per heavy atom. The predicted molar refractivity (Wildman–Crippen MR) is 181 cm³/mol. The van der Waals surface area contributed by atoms with Crippen LogP contribution in [0.25, 0.3) is 21.8 Å². The molecule has 3 aromatic carbocycles. The minimum atomic E-state index is -0.833. The second-order valence-corrected chi connectivity index (χ2v) is 10.6. The van der Waals surface area contributed by atoms with Crippen LogP contribution >= 0.6 is 0 Å². The molecule has 0 atom stereocenters. The molecule has 0 aliphatic carbocycles. The number of carbonyl (C=O) groups is 3. The van der Waals surface area contributed by atoms with E-state index in [-0.39, 0.29) is 11.6 Å². The van der Waals surface area contributed by atoms with Crippen molar-refractivity contribution in [3.05, 3.63) is 107 Å². The molecule has 4 rings (SSSR count). The number of carboxylic acid groups (broad SMARTS) is 1. The highest BCUT2D eigenvalue weighted by molar-refractivity contribution is 6.16. The molecule has 0 aliphatic heterocycles. The van der Waals surface area contributed by atoms with E-state index >= 15 is 0 Å². The fourth-order valence-corrected chi connectivity index (χ4v) is 4.30. The topological polar surface area (TPSA) is 100 Å². The number of ketones is 2. The molecule has 228 valence electrons. The van der Waals surface area contributed by atoms with Gasteiger partial charge in [-0.05, 0) is 103 Å². The van der Waals surface area contributed by atoms with Crippen molar-refractivity contribution in [2.24, 2.45) is 0 Å². The first-order valence-corrected chi connectivity index (χ1v) is 14.4. The van der Waals surface area contributed by atoms with Crippen LogP contribution in [0, 0.1) is 12.3 Å². The van der Waals surface area contributed by atoms with Gasteiger partial charge in [0.05, 0.1) is 0 Å². The van der Waals surface area contributed by atoms with Crippen LogP contribution in [0.1, 0.15) is 88.4 Å². The molecule has 0 radical (unpaired) electrons. The van der Waals surface area contributed by atoms with Crippen molar-refractivity contribution < 1.29 is 19.5 Å². The lowest BCUT2D eigenvalue weighted by Gasteiger charge is -2.06. The van der Waals surface area contributed by atoms with Crippen molar-refractivity contribution in [3.63, 3.8) is 0 Å². The molecule has 1 aromatic heterocycles. The number of carbonyl (C=O) groups excluding carboxylic acids is 2. The third-order valence-electron chi connectivity index (χ3n) is 5.98. The smallest absolute Gasteiger partial charge is 0.300 e. The molecule has 0 aliphatic rings. The number of nitrogens with one attached hydrogen (secondary N) is 1. The first-order chi connectivity index (χ1) is 20.2. The second kappa shape index (κ2) is 18.1. The molecule has 6 nitrogen and oxygen atoms in total. The largest absolute Gasteiger partial charge is 0.481 e. The van der Waals surface area contributed by atoms with Gasteiger partial charge >= 0.3 is 0 Å². The molecule has 2 N–H and O–H groups in total. The van der Waals surface area contributed by atoms with E-state index in [1.165, 1.54) is 19.4 Å². The van der Waals surface area contributed by atoms with E-state index in [9.17, 15) is 9.59 Å². The normalized spacial score (nSPS) is 10.1. The number of fused-ring (bicyclic) bond motifs is 3. The lowest BCUT2D eigenvalue weighted by atomic mass is 9.97. The van der Waals surface area contributed by atoms with Crippen LogP contribution in [0.4, 0.5) is 0 Å². The summed E-state index contributed by atoms with van der Waals surface area (Å²) in [5.41, 5.74) is 7.45. The number of aromatic nitrogens is 1. The maximum absolute atomic E-state index is 13.2. The molecular weight excluding hydrogens is 536 g/mol. The number of allylic oxidation sites excluding steroid dienone is 3. The van der Waals surface area contributed by atoms with Gasteiger partial charge in [-0.3, -0.25) is 9.59 Å². The van der Waals surface area contributed by atoms with E-state index in [2.05, 4.69) is 42.3 Å². The highest BCUT2D eigenvalue weighted by atomic mass is 16.4. The molecule has 0 saturated carbocycles. The van der Waals surface area contributed by atoms with Crippen molar-refractivity contribution in [3.8, 4) is 0 Å². The number of carboxylic acids is 1. The summed E-state index contributed by atoms with van der Waals surface area (Å²) in [7, 11) is 0. The van der Waals surface area contributed by atoms with E-state index in [0.29, 0.717) is 11.3 Å². The van der Waals surface area contributed by atoms with Gasteiger partial charge in [-0.25, -0.2) is 0 Å². The van der Waals surface area contributed by atoms with Crippen molar-refractivity contribution in [1.29, 1.82) is 5.41 Å². The molecule has 4 aromatic rings. The van der Waals surface area contributed by atoms with Crippen LogP contribution in [0.15, 0.2) is 85.0 Å². The molecule has 0 fully saturated rings. The predicted octanol–water partition coefficient (Wildman–Crippen LogP) is 9.35. The molecule has 1 heterocycles. The molecule has 0 amide bonds. The molecule has 0 unspecified atom stereocenters. The summed E-state index contributed by atoms with van der Waals surface area (Å²) in [6.45, 7) is 18.6. The van der Waals surface area contributed by atoms with Crippen molar-refractivity contribution in [1.82, 2.24) is 4.57 Å². The van der Waals surface area contributed by atoms with Crippen LogP contribution < -0.4 is 0 Å². The standard InChI is InChI=1S/C28H28N2O.C4H8.C3H6O.C2H4O2/c1-4-6-7-12-25(29)20-13-15-26-23(17-20)24-18-21(14-16-27(24)30(26)5-2)28(31)22-11-9-8-10-19(22)3;1-4(2)3;1-3(2)4;1-2(3)4/h4,6,8-11,13-18,29H,5,7,12H2,1-3H3;1H2,2-3H3;1-2H3;1H3,(H,3,4)/b6-4+,29-25?;;;. The Morgan fingerprint density at radius 3 is 1.81 bits per heavy atom. The van der Waals surface area contributed by atoms with Gasteiger partial charge in [0.1, 0.15) is 5.78 Å². The third-order valence-corrected chi connectivity index (χ3v) is 5.98. The summed E-state index contributed by atoms with van der Waals surface area (Å²) in [4.78, 5) is 31.6. The van der Waals surface area contributed by atoms with Crippen molar-refractivity contribution >= 4 is 45.1 Å². The van der Waals surface area contributed by atoms with Gasteiger partial charge < -0.3 is 19.9 Å². The number of Topliss-reactive ketones (excluding diaryl/α,β-unsaturated/α-hetero) is 1. The highest BCUT2D eigenvalue weighted by Crippen LogP contribution is 2.32. The lowest BCUT2D eigenvalue weighted by Crippen LogP contribution is -2.03. The zero-order valence-corrected chi connectivity index (χ0v) is 26.9. The molecule has 43 heavy (non-hydrogen) atoms. The number of nitrogens with zero attached hydrogens (tertiary/aromatic N) is 1. The van der Waals surface area contributed by atoms with Gasteiger partial charge in [-0.15, -0.1) is 6.58 Å². The number of benzene rings is 3. The first kappa shape index (κ1) is 36.4. The van der Waals surface area contributed by atoms with Gasteiger partial charge in [-0.1, -0.05) is 48.1 Å². The fraction of sp³-hybridized carbons (Fsp3) is 0.297. The second-order valence-electron chi connectivity index (χ2n) is 10.6. The minimum absolute atomic E-state index is 0.0487. The van der Waals surface area contributed by atoms with Gasteiger partial charge in [0, 0.05) is 52.1 Å². The number of aryl methyl sites for hydroxylation is 2. The Balaban J connectivity index is 0.000000659. The fourth-order valence-electron chi connectivity index (χ4n) is 4.30. The zero-order valence-electron chi connectivity index (χ0n) is 26.9. The Hall–Kier alpha value is -4.58. The number of rotatable bonds is 7. The van der Waals surface area contributed by atoms with E-state index < -0.39 is 5.97 Å². The Labute approximate surface area is 256 Å². The average Bonchev–Trinajstić information content (AvgIpc) is 3.24. The molecule has 0 bridgehead atoms. The van der Waals surface area contributed by atoms with Crippen molar-refractivity contribution in [2.75, 3.05) is 0 Å². The van der Waals surface area contributed by atoms with E-state index in [1.807, 2.05) is 76.2 Å². The zero-order chi connectivity index (χ0) is 32.7. The van der Waals surface area contributed by atoms with E-state index in [0.717, 1.165) is 64.8 Å². The van der Waals surface area contributed by atoms with E-state index in [1.54, 1.807) is 0 Å². The Kier molecular flexibility index (Phi) is 15.3. The van der Waals surface area contributed by atoms with Crippen LogP contribution in [-0.2, 0) is 16.1 Å². The summed E-state index contributed by atoms with van der Waals surface area (Å²) in [5.74, 6) is -0.618. The van der Waals surface area contributed by atoms with Gasteiger partial charge in [0.25, 0.3) is 5.97 Å². The number of hydrogen-bond acceptors (Lipinski definition) is 4. The van der Waals surface area contributed by atoms with Crippen LogP contribution in [-0.4, -0.2) is 32.9 Å². The summed E-state index contributed by atoms with van der Waals surface area (Å²) in [6.07, 6.45) is 5.72. The van der Waals surface area contributed by atoms with Gasteiger partial charge in [0.15, 0.2) is 5.78 Å². The summed E-state index contributed by atoms with van der Waals surface area (Å²) < 4.78 is 2.28. The lowest BCUT2D eigenvalue weighted by molar-refractivity contribution is -0.134. The summed E-state index contributed by atoms with van der Waals surface area (Å²) >= 11 is 0. The van der Waals surface area contributed by atoms with Crippen LogP contribution in [0.5, 0.6) is 0 Å². The Morgan fingerprint density at radius 1 is 0.884 bits per heavy atom. The van der Waals surface area contributed by atoms with E-state index in [4.69, 9.17) is 15.3 Å². The number of aliphatic carboxylic acids is 1. The monoisotopic (exact) mass is 582 g/mol. The molecule has 6 heteroatoms. The van der Waals surface area contributed by atoms with Gasteiger partial charge in [0.2, 0.25) is 0 Å². The minimum Gasteiger partial charge on any atom is -0.481 e. The molecular formula is C37H46N2O4. The quantitative estimate of drug-likeness (QED) is 0.129. The summed E-state index contributed by atoms with van der Waals surface area (Å²) in [5, 5.41) is 18.1.